The van der Waals surface area contributed by atoms with Crippen LogP contribution in [0.25, 0.3) is 0 Å². The van der Waals surface area contributed by atoms with Gasteiger partial charge in [-0.2, -0.15) is 8.78 Å². The number of halogens is 5. The molecule has 214 valence electrons. The minimum Gasteiger partial charge on any atom is -0.432 e. The van der Waals surface area contributed by atoms with E-state index in [-0.39, 0.29) is 0 Å². The fourth-order valence-corrected chi connectivity index (χ4v) is 5.11. The molecule has 0 unspecified atom stereocenters. The van der Waals surface area contributed by atoms with Gasteiger partial charge in [0, 0.05) is 12.1 Å². The van der Waals surface area contributed by atoms with Gasteiger partial charge in [-0.1, -0.05) is 88.0 Å². The summed E-state index contributed by atoms with van der Waals surface area (Å²) in [6.07, 6.45) is 6.00. The molecule has 0 radical (unpaired) electrons. The van der Waals surface area contributed by atoms with Crippen LogP contribution in [0.1, 0.15) is 127 Å². The smallest absolute Gasteiger partial charge is 0.400 e. The fraction of sp³-hybridized carbons (Fsp3) is 0.800. The quantitative estimate of drug-likeness (QED) is 0.266. The molecule has 0 amide bonds. The summed E-state index contributed by atoms with van der Waals surface area (Å²) in [7, 11) is 0. The van der Waals surface area contributed by atoms with Crippen molar-refractivity contribution in [1.29, 1.82) is 0 Å². The van der Waals surface area contributed by atoms with Crippen LogP contribution in [-0.2, 0) is 0 Å². The molecule has 0 spiro atoms. The second kappa shape index (κ2) is 20.7. The van der Waals surface area contributed by atoms with Gasteiger partial charge in [0.05, 0.1) is 5.92 Å². The van der Waals surface area contributed by atoms with Gasteiger partial charge in [0.2, 0.25) is 0 Å². The lowest BCUT2D eigenvalue weighted by Gasteiger charge is -2.39. The van der Waals surface area contributed by atoms with Crippen LogP contribution >= 0.6 is 0 Å². The van der Waals surface area contributed by atoms with Crippen LogP contribution in [0.3, 0.4) is 0 Å². The van der Waals surface area contributed by atoms with Crippen molar-refractivity contribution in [3.63, 3.8) is 0 Å². The molecule has 6 heteroatoms. The van der Waals surface area contributed by atoms with Gasteiger partial charge in [-0.25, -0.2) is 13.2 Å². The molecule has 2 aliphatic carbocycles. The number of hydrogen-bond acceptors (Lipinski definition) is 1. The molecule has 1 aromatic carbocycles. The van der Waals surface area contributed by atoms with Gasteiger partial charge in [-0.15, -0.1) is 0 Å². The first kappa shape index (κ1) is 36.8. The Labute approximate surface area is 218 Å². The molecule has 2 fully saturated rings. The fourth-order valence-electron chi connectivity index (χ4n) is 5.11. The summed E-state index contributed by atoms with van der Waals surface area (Å²) in [4.78, 5) is 0. The second-order valence-corrected chi connectivity index (χ2v) is 8.55. The van der Waals surface area contributed by atoms with E-state index >= 15 is 0 Å². The van der Waals surface area contributed by atoms with Gasteiger partial charge in [0.15, 0.2) is 17.5 Å². The Balaban J connectivity index is 0. The molecule has 0 atom stereocenters. The summed E-state index contributed by atoms with van der Waals surface area (Å²) < 4.78 is 73.1. The zero-order chi connectivity index (χ0) is 28.3. The minimum absolute atomic E-state index is 0.332. The minimum atomic E-state index is -3.53. The molecule has 36 heavy (non-hydrogen) atoms. The average Bonchev–Trinajstić information content (AvgIpc) is 2.92. The summed E-state index contributed by atoms with van der Waals surface area (Å²) >= 11 is 0. The monoisotopic (exact) mass is 524 g/mol. The Morgan fingerprint density at radius 3 is 1.47 bits per heavy atom. The SMILES string of the molecule is CC.CC.CC.CC.CCCC1CCC(C2CCC(C(F)(F)Oc3cc(F)c(F)c(F)c3)CC2)CC1. The topological polar surface area (TPSA) is 9.23 Å². The number of ether oxygens (including phenoxy) is 1. The zero-order valence-electron chi connectivity index (χ0n) is 24.3. The van der Waals surface area contributed by atoms with Gasteiger partial charge < -0.3 is 4.74 Å². The maximum absolute atomic E-state index is 14.5. The second-order valence-electron chi connectivity index (χ2n) is 8.55. The third-order valence-electron chi connectivity index (χ3n) is 6.71. The molecule has 2 aliphatic rings. The molecular weight excluding hydrogens is 471 g/mol. The van der Waals surface area contributed by atoms with E-state index < -0.39 is 35.2 Å². The maximum Gasteiger partial charge on any atom is 0.400 e. The van der Waals surface area contributed by atoms with E-state index in [0.29, 0.717) is 36.8 Å². The first-order valence-corrected chi connectivity index (χ1v) is 14.5. The van der Waals surface area contributed by atoms with Crippen molar-refractivity contribution in [2.45, 2.75) is 133 Å². The number of alkyl halides is 2. The van der Waals surface area contributed by atoms with Crippen molar-refractivity contribution in [2.24, 2.45) is 23.7 Å². The van der Waals surface area contributed by atoms with Crippen LogP contribution in [0.2, 0.25) is 0 Å². The van der Waals surface area contributed by atoms with Crippen molar-refractivity contribution in [2.75, 3.05) is 0 Å². The van der Waals surface area contributed by atoms with Gasteiger partial charge in [-0.05, 0) is 56.3 Å². The first-order valence-electron chi connectivity index (χ1n) is 14.5. The molecule has 0 N–H and O–H groups in total. The lowest BCUT2D eigenvalue weighted by atomic mass is 9.68. The molecule has 0 heterocycles. The van der Waals surface area contributed by atoms with E-state index in [1.165, 1.54) is 38.5 Å². The predicted molar refractivity (Wildman–Crippen MR) is 143 cm³/mol. The van der Waals surface area contributed by atoms with E-state index in [0.717, 1.165) is 18.8 Å². The predicted octanol–water partition coefficient (Wildman–Crippen LogP) is 11.6. The molecule has 3 rings (SSSR count). The number of rotatable bonds is 6. The first-order chi connectivity index (χ1) is 17.3. The Hall–Kier alpha value is -1.33. The molecular formula is C30H53F5O. The summed E-state index contributed by atoms with van der Waals surface area (Å²) in [5.74, 6) is -4.49. The third kappa shape index (κ3) is 11.8. The molecule has 0 aromatic heterocycles. The van der Waals surface area contributed by atoms with Crippen molar-refractivity contribution in [1.82, 2.24) is 0 Å². The van der Waals surface area contributed by atoms with Gasteiger partial charge in [-0.3, -0.25) is 0 Å². The zero-order valence-corrected chi connectivity index (χ0v) is 24.3. The van der Waals surface area contributed by atoms with Crippen molar-refractivity contribution < 1.29 is 26.7 Å². The van der Waals surface area contributed by atoms with Crippen LogP contribution in [0, 0.1) is 41.1 Å². The van der Waals surface area contributed by atoms with Crippen LogP contribution in [0.15, 0.2) is 12.1 Å². The highest BCUT2D eigenvalue weighted by atomic mass is 19.3. The highest BCUT2D eigenvalue weighted by Crippen LogP contribution is 2.46. The van der Waals surface area contributed by atoms with Crippen LogP contribution in [0.4, 0.5) is 22.0 Å². The molecule has 0 bridgehead atoms. The lowest BCUT2D eigenvalue weighted by Crippen LogP contribution is -2.38. The van der Waals surface area contributed by atoms with E-state index in [1.54, 1.807) is 0 Å². The van der Waals surface area contributed by atoms with E-state index in [2.05, 4.69) is 11.7 Å². The summed E-state index contributed by atoms with van der Waals surface area (Å²) in [5.41, 5.74) is 0. The molecule has 1 aromatic rings. The van der Waals surface area contributed by atoms with Gasteiger partial charge >= 0.3 is 6.11 Å². The molecule has 1 nitrogen and oxygen atoms in total. The third-order valence-corrected chi connectivity index (χ3v) is 6.71. The van der Waals surface area contributed by atoms with Crippen molar-refractivity contribution in [3.8, 4) is 5.75 Å². The Bertz CT molecular complexity index is 626. The number of benzene rings is 1. The van der Waals surface area contributed by atoms with Crippen molar-refractivity contribution >= 4 is 0 Å². The van der Waals surface area contributed by atoms with Crippen LogP contribution < -0.4 is 4.74 Å². The van der Waals surface area contributed by atoms with Gasteiger partial charge in [0.25, 0.3) is 0 Å². The summed E-state index contributed by atoms with van der Waals surface area (Å²) in [6, 6.07) is 0.930. The molecule has 0 aliphatic heterocycles. The average molecular weight is 525 g/mol. The van der Waals surface area contributed by atoms with E-state index in [9.17, 15) is 22.0 Å². The van der Waals surface area contributed by atoms with Crippen LogP contribution in [0.5, 0.6) is 5.75 Å². The Kier molecular flexibility index (Phi) is 21.2. The van der Waals surface area contributed by atoms with Crippen molar-refractivity contribution in [3.05, 3.63) is 29.6 Å². The highest BCUT2D eigenvalue weighted by molar-refractivity contribution is 5.25. The highest BCUT2D eigenvalue weighted by Gasteiger charge is 2.45. The normalized spacial score (nSPS) is 23.2. The largest absolute Gasteiger partial charge is 0.432 e. The lowest BCUT2D eigenvalue weighted by molar-refractivity contribution is -0.224. The van der Waals surface area contributed by atoms with E-state index in [4.69, 9.17) is 0 Å². The Morgan fingerprint density at radius 2 is 1.08 bits per heavy atom. The van der Waals surface area contributed by atoms with E-state index in [1.807, 2.05) is 55.4 Å². The van der Waals surface area contributed by atoms with Crippen LogP contribution in [-0.4, -0.2) is 6.11 Å². The Morgan fingerprint density at radius 1 is 0.694 bits per heavy atom. The number of hydrogen-bond donors (Lipinski definition) is 0. The summed E-state index contributed by atoms with van der Waals surface area (Å²) in [6.45, 7) is 18.2. The standard InChI is InChI=1S/C22H29F5O.4C2H6/c1-2-3-14-4-6-15(7-5-14)16-8-10-17(11-9-16)22(26,27)28-18-12-19(23)21(25)20(24)13-18;4*1-2/h12-17H,2-11H2,1H3;4*1-2H3. The molecule has 2 saturated carbocycles. The summed E-state index contributed by atoms with van der Waals surface area (Å²) in [5, 5.41) is 0. The van der Waals surface area contributed by atoms with Gasteiger partial charge in [0.1, 0.15) is 5.75 Å². The maximum atomic E-state index is 14.5. The molecule has 0 saturated heterocycles.